The quantitative estimate of drug-likeness (QED) is 0.767. The Bertz CT molecular complexity index is 628. The third kappa shape index (κ3) is 4.23. The molecule has 0 aromatic heterocycles. The SMILES string of the molecule is CC(=O)Nc1cc(S(=O)(=O)NC2CCCNC2)ccc1F. The summed E-state index contributed by atoms with van der Waals surface area (Å²) >= 11 is 0. The molecule has 0 saturated carbocycles. The lowest BCUT2D eigenvalue weighted by atomic mass is 10.1. The molecule has 1 heterocycles. The van der Waals surface area contributed by atoms with Crippen molar-refractivity contribution in [2.45, 2.75) is 30.7 Å². The maximum Gasteiger partial charge on any atom is 0.240 e. The zero-order chi connectivity index (χ0) is 15.5. The number of hydrogen-bond donors (Lipinski definition) is 3. The predicted molar refractivity (Wildman–Crippen MR) is 76.9 cm³/mol. The highest BCUT2D eigenvalue weighted by Gasteiger charge is 2.22. The van der Waals surface area contributed by atoms with E-state index in [1.54, 1.807) is 0 Å². The Kier molecular flexibility index (Phi) is 4.92. The molecule has 1 aliphatic rings. The molecule has 1 amide bonds. The van der Waals surface area contributed by atoms with Gasteiger partial charge < -0.3 is 10.6 Å². The van der Waals surface area contributed by atoms with Gasteiger partial charge in [0.15, 0.2) is 0 Å². The van der Waals surface area contributed by atoms with Crippen molar-refractivity contribution in [3.05, 3.63) is 24.0 Å². The first-order valence-corrected chi connectivity index (χ1v) is 8.17. The summed E-state index contributed by atoms with van der Waals surface area (Å²) < 4.78 is 40.7. The molecule has 1 aliphatic heterocycles. The Morgan fingerprint density at radius 3 is 2.81 bits per heavy atom. The van der Waals surface area contributed by atoms with Crippen LogP contribution in [0.5, 0.6) is 0 Å². The zero-order valence-corrected chi connectivity index (χ0v) is 12.5. The van der Waals surface area contributed by atoms with Crippen LogP contribution in [-0.4, -0.2) is 33.5 Å². The van der Waals surface area contributed by atoms with Crippen molar-refractivity contribution in [2.75, 3.05) is 18.4 Å². The van der Waals surface area contributed by atoms with Gasteiger partial charge >= 0.3 is 0 Å². The molecule has 0 radical (unpaired) electrons. The van der Waals surface area contributed by atoms with Gasteiger partial charge in [-0.25, -0.2) is 17.5 Å². The Labute approximate surface area is 123 Å². The topological polar surface area (TPSA) is 87.3 Å². The molecule has 0 aliphatic carbocycles. The summed E-state index contributed by atoms with van der Waals surface area (Å²) in [6, 6.07) is 3.14. The van der Waals surface area contributed by atoms with Crippen LogP contribution in [0.15, 0.2) is 23.1 Å². The van der Waals surface area contributed by atoms with E-state index in [4.69, 9.17) is 0 Å². The van der Waals surface area contributed by atoms with Crippen LogP contribution in [0.4, 0.5) is 10.1 Å². The molecule has 0 spiro atoms. The van der Waals surface area contributed by atoms with Crippen molar-refractivity contribution in [3.8, 4) is 0 Å². The largest absolute Gasteiger partial charge is 0.324 e. The lowest BCUT2D eigenvalue weighted by Gasteiger charge is -2.23. The van der Waals surface area contributed by atoms with E-state index in [1.165, 1.54) is 13.0 Å². The minimum Gasteiger partial charge on any atom is -0.324 e. The maximum absolute atomic E-state index is 13.5. The number of carbonyl (C=O) groups is 1. The number of benzene rings is 1. The molecule has 1 saturated heterocycles. The molecule has 116 valence electrons. The van der Waals surface area contributed by atoms with Crippen LogP contribution in [0.25, 0.3) is 0 Å². The van der Waals surface area contributed by atoms with Gasteiger partial charge in [-0.15, -0.1) is 0 Å². The molecule has 1 atom stereocenters. The lowest BCUT2D eigenvalue weighted by Crippen LogP contribution is -2.45. The molecule has 0 bridgehead atoms. The molecule has 1 aromatic rings. The number of sulfonamides is 1. The van der Waals surface area contributed by atoms with Crippen LogP contribution in [-0.2, 0) is 14.8 Å². The summed E-state index contributed by atoms with van der Waals surface area (Å²) in [5.74, 6) is -1.14. The van der Waals surface area contributed by atoms with E-state index >= 15 is 0 Å². The average molecular weight is 315 g/mol. The fraction of sp³-hybridized carbons (Fsp3) is 0.462. The van der Waals surface area contributed by atoms with Crippen LogP contribution in [0.1, 0.15) is 19.8 Å². The summed E-state index contributed by atoms with van der Waals surface area (Å²) in [5, 5.41) is 5.38. The first-order valence-electron chi connectivity index (χ1n) is 6.69. The second kappa shape index (κ2) is 6.50. The smallest absolute Gasteiger partial charge is 0.240 e. The molecule has 21 heavy (non-hydrogen) atoms. The van der Waals surface area contributed by atoms with Gasteiger partial charge in [0.25, 0.3) is 0 Å². The molecule has 3 N–H and O–H groups in total. The molecule has 8 heteroatoms. The fourth-order valence-electron chi connectivity index (χ4n) is 2.20. The number of rotatable bonds is 4. The van der Waals surface area contributed by atoms with Gasteiger partial charge in [0, 0.05) is 19.5 Å². The maximum atomic E-state index is 13.5. The van der Waals surface area contributed by atoms with Gasteiger partial charge in [0.05, 0.1) is 10.6 Å². The number of halogens is 1. The minimum absolute atomic E-state index is 0.0711. The van der Waals surface area contributed by atoms with E-state index in [-0.39, 0.29) is 16.6 Å². The van der Waals surface area contributed by atoms with E-state index in [0.29, 0.717) is 6.54 Å². The predicted octanol–water partition coefficient (Wildman–Crippen LogP) is 0.814. The summed E-state index contributed by atoms with van der Waals surface area (Å²) in [5.41, 5.74) is -0.146. The van der Waals surface area contributed by atoms with E-state index < -0.39 is 21.7 Å². The van der Waals surface area contributed by atoms with Gasteiger partial charge in [-0.2, -0.15) is 0 Å². The van der Waals surface area contributed by atoms with Crippen molar-refractivity contribution < 1.29 is 17.6 Å². The van der Waals surface area contributed by atoms with Gasteiger partial charge in [0.2, 0.25) is 15.9 Å². The van der Waals surface area contributed by atoms with Crippen molar-refractivity contribution in [2.24, 2.45) is 0 Å². The van der Waals surface area contributed by atoms with Crippen LogP contribution >= 0.6 is 0 Å². The van der Waals surface area contributed by atoms with Gasteiger partial charge in [-0.05, 0) is 37.6 Å². The number of carbonyl (C=O) groups excluding carboxylic acids is 1. The summed E-state index contributed by atoms with van der Waals surface area (Å²) in [6.07, 6.45) is 1.65. The minimum atomic E-state index is -3.74. The standard InChI is InChI=1S/C13H18FN3O3S/c1-9(18)16-13-7-11(4-5-12(13)14)21(19,20)17-10-3-2-6-15-8-10/h4-5,7,10,15,17H,2-3,6,8H2,1H3,(H,16,18). The van der Waals surface area contributed by atoms with E-state index in [0.717, 1.165) is 31.5 Å². The zero-order valence-electron chi connectivity index (χ0n) is 11.6. The third-order valence-corrected chi connectivity index (χ3v) is 4.70. The fourth-order valence-corrected chi connectivity index (χ4v) is 3.49. The normalized spacial score (nSPS) is 19.2. The Hall–Kier alpha value is -1.51. The van der Waals surface area contributed by atoms with Crippen LogP contribution < -0.4 is 15.4 Å². The number of anilines is 1. The Balaban J connectivity index is 2.20. The lowest BCUT2D eigenvalue weighted by molar-refractivity contribution is -0.114. The van der Waals surface area contributed by atoms with E-state index in [2.05, 4.69) is 15.4 Å². The van der Waals surface area contributed by atoms with E-state index in [1.807, 2.05) is 0 Å². The summed E-state index contributed by atoms with van der Waals surface area (Å²) in [6.45, 7) is 2.67. The third-order valence-electron chi connectivity index (χ3n) is 3.18. The second-order valence-corrected chi connectivity index (χ2v) is 6.70. The number of amides is 1. The van der Waals surface area contributed by atoms with Crippen molar-refractivity contribution >= 4 is 21.6 Å². The Morgan fingerprint density at radius 1 is 1.43 bits per heavy atom. The first kappa shape index (κ1) is 15.9. The molecular weight excluding hydrogens is 297 g/mol. The van der Waals surface area contributed by atoms with Crippen molar-refractivity contribution in [1.29, 1.82) is 0 Å². The Morgan fingerprint density at radius 2 is 2.19 bits per heavy atom. The number of hydrogen-bond acceptors (Lipinski definition) is 4. The molecule has 2 rings (SSSR count). The molecule has 6 nitrogen and oxygen atoms in total. The van der Waals surface area contributed by atoms with Gasteiger partial charge in [-0.3, -0.25) is 4.79 Å². The highest BCUT2D eigenvalue weighted by molar-refractivity contribution is 7.89. The highest BCUT2D eigenvalue weighted by Crippen LogP contribution is 2.20. The highest BCUT2D eigenvalue weighted by atomic mass is 32.2. The molecular formula is C13H18FN3O3S. The summed E-state index contributed by atoms with van der Waals surface area (Å²) in [4.78, 5) is 10.9. The van der Waals surface area contributed by atoms with Crippen molar-refractivity contribution in [1.82, 2.24) is 10.0 Å². The van der Waals surface area contributed by atoms with Crippen LogP contribution in [0.2, 0.25) is 0 Å². The second-order valence-electron chi connectivity index (χ2n) is 4.99. The average Bonchev–Trinajstić information content (AvgIpc) is 2.41. The van der Waals surface area contributed by atoms with Crippen molar-refractivity contribution in [3.63, 3.8) is 0 Å². The summed E-state index contributed by atoms with van der Waals surface area (Å²) in [7, 11) is -3.74. The van der Waals surface area contributed by atoms with Crippen LogP contribution in [0.3, 0.4) is 0 Å². The molecule has 1 aromatic carbocycles. The van der Waals surface area contributed by atoms with E-state index in [9.17, 15) is 17.6 Å². The first-order chi connectivity index (χ1) is 9.88. The van der Waals surface area contributed by atoms with Gasteiger partial charge in [0.1, 0.15) is 5.82 Å². The molecule has 1 fully saturated rings. The van der Waals surface area contributed by atoms with Gasteiger partial charge in [-0.1, -0.05) is 0 Å². The monoisotopic (exact) mass is 315 g/mol. The van der Waals surface area contributed by atoms with Crippen LogP contribution in [0, 0.1) is 5.82 Å². The molecule has 1 unspecified atom stereocenters. The number of piperidine rings is 1. The number of nitrogens with one attached hydrogen (secondary N) is 3.